The second-order valence-electron chi connectivity index (χ2n) is 9.48. The van der Waals surface area contributed by atoms with Gasteiger partial charge in [-0.3, -0.25) is 0 Å². The zero-order valence-corrected chi connectivity index (χ0v) is 27.9. The van der Waals surface area contributed by atoms with Gasteiger partial charge in [0.1, 0.15) is 11.1 Å². The summed E-state index contributed by atoms with van der Waals surface area (Å²) >= 11 is 0. The standard InChI is InChI=1S/C24H35N5O16P2/c1-13(2)42-23(33)44-46(35,37-5)11-40-17(41-12-47(36,38-6)45-24(34)43-14(3)4)7-8-39-16(30)9-15(22(31)32)20-28-19(25)18-21(29-20)27-10-26-18/h9-10,13-14,17H,7-8,11-12H2,1-6H3,(H,31,32)(H3,25,26,27,28,29)/b15-9+. The minimum atomic E-state index is -4.31. The number of carbonyl (C=O) groups is 4. The Kier molecular flexibility index (Phi) is 14.7. The summed E-state index contributed by atoms with van der Waals surface area (Å²) in [5.74, 6) is -3.30. The van der Waals surface area contributed by atoms with Crippen LogP contribution in [0.2, 0.25) is 0 Å². The molecule has 262 valence electrons. The normalized spacial score (nSPS) is 15.0. The summed E-state index contributed by atoms with van der Waals surface area (Å²) in [7, 11) is -6.68. The molecule has 0 amide bonds. The van der Waals surface area contributed by atoms with E-state index in [4.69, 9.17) is 47.5 Å². The molecule has 0 spiro atoms. The van der Waals surface area contributed by atoms with Crippen molar-refractivity contribution < 1.29 is 75.2 Å². The number of fused-ring (bicyclic) bond motifs is 1. The van der Waals surface area contributed by atoms with Gasteiger partial charge in [-0.05, 0) is 27.7 Å². The first kappa shape index (κ1) is 39.1. The quantitative estimate of drug-likeness (QED) is 0.0656. The van der Waals surface area contributed by atoms with Crippen LogP contribution in [0.1, 0.15) is 39.9 Å². The van der Waals surface area contributed by atoms with E-state index in [0.29, 0.717) is 6.08 Å². The molecular weight excluding hydrogens is 676 g/mol. The van der Waals surface area contributed by atoms with Crippen LogP contribution >= 0.6 is 15.2 Å². The number of imidazole rings is 1. The smallest absolute Gasteiger partial charge is 0.478 e. The van der Waals surface area contributed by atoms with Crippen LogP contribution in [0, 0.1) is 0 Å². The van der Waals surface area contributed by atoms with Gasteiger partial charge in [-0.2, -0.15) is 0 Å². The summed E-state index contributed by atoms with van der Waals surface area (Å²) in [4.78, 5) is 62.6. The van der Waals surface area contributed by atoms with Crippen LogP contribution in [0.3, 0.4) is 0 Å². The molecule has 0 aromatic carbocycles. The molecule has 2 aromatic rings. The molecule has 2 atom stereocenters. The van der Waals surface area contributed by atoms with E-state index in [9.17, 15) is 33.4 Å². The molecule has 2 unspecified atom stereocenters. The summed E-state index contributed by atoms with van der Waals surface area (Å²) in [6.45, 7) is 5.52. The van der Waals surface area contributed by atoms with Gasteiger partial charge in [-0.15, -0.1) is 0 Å². The molecular formula is C24H35N5O16P2. The second kappa shape index (κ2) is 17.7. The average Bonchev–Trinajstić information content (AvgIpc) is 3.45. The molecule has 0 aliphatic heterocycles. The zero-order chi connectivity index (χ0) is 35.4. The third-order valence-corrected chi connectivity index (χ3v) is 8.03. The predicted octanol–water partition coefficient (Wildman–Crippen LogP) is 3.41. The molecule has 23 heteroatoms. The van der Waals surface area contributed by atoms with Gasteiger partial charge in [0, 0.05) is 26.7 Å². The first-order chi connectivity index (χ1) is 22.0. The fourth-order valence-corrected chi connectivity index (χ4v) is 4.77. The number of nitrogen functional groups attached to an aromatic ring is 1. The average molecular weight is 712 g/mol. The van der Waals surface area contributed by atoms with Crippen molar-refractivity contribution in [2.75, 3.05) is 39.3 Å². The number of nitrogens with zero attached hydrogens (tertiary/aromatic N) is 3. The van der Waals surface area contributed by atoms with Gasteiger partial charge in [0.05, 0.1) is 25.1 Å². The van der Waals surface area contributed by atoms with Crippen LogP contribution in [-0.4, -0.2) is 101 Å². The Morgan fingerprint density at radius 3 is 1.94 bits per heavy atom. The fourth-order valence-electron chi connectivity index (χ4n) is 3.06. The maximum Gasteiger partial charge on any atom is 0.515 e. The van der Waals surface area contributed by atoms with E-state index in [0.717, 1.165) is 14.2 Å². The summed E-state index contributed by atoms with van der Waals surface area (Å²) in [5.41, 5.74) is 5.44. The van der Waals surface area contributed by atoms with Gasteiger partial charge >= 0.3 is 39.4 Å². The van der Waals surface area contributed by atoms with Crippen molar-refractivity contribution in [1.29, 1.82) is 0 Å². The van der Waals surface area contributed by atoms with Crippen molar-refractivity contribution in [2.24, 2.45) is 0 Å². The maximum atomic E-state index is 12.9. The van der Waals surface area contributed by atoms with Crippen molar-refractivity contribution in [3.05, 3.63) is 18.2 Å². The van der Waals surface area contributed by atoms with Gasteiger partial charge < -0.3 is 57.6 Å². The number of carboxylic acids is 1. The van der Waals surface area contributed by atoms with Crippen molar-refractivity contribution in [2.45, 2.75) is 52.6 Å². The lowest BCUT2D eigenvalue weighted by molar-refractivity contribution is -0.149. The molecule has 0 fully saturated rings. The third-order valence-electron chi connectivity index (χ3n) is 5.13. The maximum absolute atomic E-state index is 12.9. The number of aliphatic carboxylic acids is 1. The highest BCUT2D eigenvalue weighted by molar-refractivity contribution is 7.54. The number of nitrogens with two attached hydrogens (primary N) is 1. The largest absolute Gasteiger partial charge is 0.515 e. The molecule has 0 radical (unpaired) electrons. The summed E-state index contributed by atoms with van der Waals surface area (Å²) in [6.07, 6.45) is -5.83. The van der Waals surface area contributed by atoms with Gasteiger partial charge in [0.15, 0.2) is 36.3 Å². The third kappa shape index (κ3) is 12.9. The van der Waals surface area contributed by atoms with E-state index < -0.39 is 95.1 Å². The van der Waals surface area contributed by atoms with Gasteiger partial charge in [0.25, 0.3) is 0 Å². The Bertz CT molecular complexity index is 1490. The number of esters is 1. The Balaban J connectivity index is 2.18. The van der Waals surface area contributed by atoms with E-state index in [1.165, 1.54) is 34.0 Å². The molecule has 0 saturated heterocycles. The van der Waals surface area contributed by atoms with Gasteiger partial charge in [-0.25, -0.2) is 43.3 Å². The topological polar surface area (TPSA) is 286 Å². The van der Waals surface area contributed by atoms with Crippen molar-refractivity contribution >= 4 is 62.0 Å². The Morgan fingerprint density at radius 2 is 1.47 bits per heavy atom. The van der Waals surface area contributed by atoms with Crippen molar-refractivity contribution in [1.82, 2.24) is 19.9 Å². The van der Waals surface area contributed by atoms with Crippen LogP contribution in [0.4, 0.5) is 15.4 Å². The fraction of sp³-hybridized carbons (Fsp3) is 0.542. The Labute approximate surface area is 267 Å². The van der Waals surface area contributed by atoms with Gasteiger partial charge in [-0.1, -0.05) is 0 Å². The first-order valence-electron chi connectivity index (χ1n) is 13.4. The molecule has 2 heterocycles. The van der Waals surface area contributed by atoms with E-state index in [2.05, 4.69) is 19.9 Å². The lowest BCUT2D eigenvalue weighted by atomic mass is 10.2. The molecule has 47 heavy (non-hydrogen) atoms. The van der Waals surface area contributed by atoms with Crippen LogP contribution in [0.15, 0.2) is 12.4 Å². The highest BCUT2D eigenvalue weighted by atomic mass is 31.2. The number of hydrogen-bond donors (Lipinski definition) is 3. The van der Waals surface area contributed by atoms with E-state index in [-0.39, 0.29) is 17.0 Å². The van der Waals surface area contributed by atoms with E-state index >= 15 is 0 Å². The molecule has 2 rings (SSSR count). The number of H-pyrrole nitrogens is 1. The number of hydrogen-bond acceptors (Lipinski definition) is 19. The minimum absolute atomic E-state index is 0.0507. The molecule has 0 saturated carbocycles. The summed E-state index contributed by atoms with van der Waals surface area (Å²) in [6, 6.07) is 0. The minimum Gasteiger partial charge on any atom is -0.478 e. The first-order valence-corrected chi connectivity index (χ1v) is 16.9. The number of aromatic nitrogens is 4. The number of anilines is 1. The predicted molar refractivity (Wildman–Crippen MR) is 158 cm³/mol. The Hall–Kier alpha value is -4.13. The number of carbonyl (C=O) groups excluding carboxylic acids is 3. The molecule has 2 aromatic heterocycles. The number of rotatable bonds is 18. The number of aromatic amines is 1. The molecule has 4 N–H and O–H groups in total. The highest BCUT2D eigenvalue weighted by Crippen LogP contribution is 2.50. The molecule has 0 aliphatic rings. The molecule has 0 bridgehead atoms. The zero-order valence-electron chi connectivity index (χ0n) is 26.1. The van der Waals surface area contributed by atoms with Crippen LogP contribution in [-0.2, 0) is 60.5 Å². The van der Waals surface area contributed by atoms with Crippen LogP contribution in [0.5, 0.6) is 0 Å². The van der Waals surface area contributed by atoms with Crippen LogP contribution in [0.25, 0.3) is 16.7 Å². The van der Waals surface area contributed by atoms with Crippen molar-refractivity contribution in [3.8, 4) is 0 Å². The highest BCUT2D eigenvalue weighted by Gasteiger charge is 2.34. The Morgan fingerprint density at radius 1 is 0.936 bits per heavy atom. The number of ether oxygens (including phenoxy) is 5. The van der Waals surface area contributed by atoms with Gasteiger partial charge in [0.2, 0.25) is 0 Å². The summed E-state index contributed by atoms with van der Waals surface area (Å²) < 4.78 is 70.3. The number of nitrogens with one attached hydrogen (secondary N) is 1. The summed E-state index contributed by atoms with van der Waals surface area (Å²) in [5, 5.41) is 9.63. The monoisotopic (exact) mass is 711 g/mol. The lowest BCUT2D eigenvalue weighted by Gasteiger charge is -2.23. The van der Waals surface area contributed by atoms with E-state index in [1.807, 2.05) is 0 Å². The van der Waals surface area contributed by atoms with E-state index in [1.54, 1.807) is 0 Å². The SMILES string of the molecule is COP(=O)(COC(CCOC(=O)/C=C(/C(=O)O)c1nc(N)c2[nH]cnc2n1)OCP(=O)(OC)OC(=O)OC(C)C)OC(=O)OC(C)C. The molecule has 0 aliphatic carbocycles. The van der Waals surface area contributed by atoms with Crippen molar-refractivity contribution in [3.63, 3.8) is 0 Å². The molecule has 21 nitrogen and oxygen atoms in total. The lowest BCUT2D eigenvalue weighted by Crippen LogP contribution is -2.24. The van der Waals surface area contributed by atoms with Crippen LogP contribution < -0.4 is 5.73 Å². The second-order valence-corrected chi connectivity index (χ2v) is 13.5. The number of carboxylic acid groups (broad SMARTS) is 1.